The molecule has 1 heterocycles. The minimum Gasteiger partial charge on any atom is -0.496 e. The molecule has 0 radical (unpaired) electrons. The summed E-state index contributed by atoms with van der Waals surface area (Å²) >= 11 is 5.88. The molecule has 1 N–H and O–H groups in total. The lowest BCUT2D eigenvalue weighted by atomic mass is 10.1. The smallest absolute Gasteiger partial charge is 0.255 e. The molecule has 1 amide bonds. The van der Waals surface area contributed by atoms with Gasteiger partial charge >= 0.3 is 0 Å². The van der Waals surface area contributed by atoms with Gasteiger partial charge in [0.15, 0.2) is 0 Å². The Morgan fingerprint density at radius 3 is 3.11 bits per heavy atom. The summed E-state index contributed by atoms with van der Waals surface area (Å²) in [5.41, 5.74) is 0.447. The van der Waals surface area contributed by atoms with Crippen LogP contribution in [0.4, 0.5) is 0 Å². The van der Waals surface area contributed by atoms with E-state index in [0.29, 0.717) is 22.9 Å². The Labute approximate surface area is 111 Å². The molecule has 1 aromatic carbocycles. The maximum Gasteiger partial charge on any atom is 0.255 e. The van der Waals surface area contributed by atoms with E-state index in [0.717, 1.165) is 19.4 Å². The van der Waals surface area contributed by atoms with Crippen LogP contribution in [0.2, 0.25) is 5.02 Å². The molecule has 2 rings (SSSR count). The van der Waals surface area contributed by atoms with Crippen LogP contribution in [-0.4, -0.2) is 32.3 Å². The van der Waals surface area contributed by atoms with Gasteiger partial charge in [-0.25, -0.2) is 0 Å². The highest BCUT2D eigenvalue weighted by Crippen LogP contribution is 2.22. The Balaban J connectivity index is 2.00. The standard InChI is InChI=1S/C13H16ClNO3/c1-17-12-5-4-9(14)7-11(12)13(16)15-8-10-3-2-6-18-10/h4-5,7,10H,2-3,6,8H2,1H3,(H,15,16)/t10-/m1/s1. The van der Waals surface area contributed by atoms with Crippen molar-refractivity contribution in [2.24, 2.45) is 0 Å². The second kappa shape index (κ2) is 6.07. The number of carbonyl (C=O) groups is 1. The normalized spacial score (nSPS) is 18.7. The van der Waals surface area contributed by atoms with Crippen molar-refractivity contribution in [1.82, 2.24) is 5.32 Å². The number of methoxy groups -OCH3 is 1. The van der Waals surface area contributed by atoms with Crippen molar-refractivity contribution in [3.63, 3.8) is 0 Å². The molecule has 1 atom stereocenters. The number of benzene rings is 1. The molecule has 1 aliphatic rings. The Morgan fingerprint density at radius 1 is 1.61 bits per heavy atom. The van der Waals surface area contributed by atoms with Crippen molar-refractivity contribution in [2.75, 3.05) is 20.3 Å². The van der Waals surface area contributed by atoms with Crippen molar-refractivity contribution >= 4 is 17.5 Å². The first-order valence-electron chi connectivity index (χ1n) is 5.94. The number of amides is 1. The number of hydrogen-bond donors (Lipinski definition) is 1. The molecule has 0 unspecified atom stereocenters. The van der Waals surface area contributed by atoms with Gasteiger partial charge in [0.1, 0.15) is 5.75 Å². The summed E-state index contributed by atoms with van der Waals surface area (Å²) in [4.78, 5) is 12.0. The average molecular weight is 270 g/mol. The zero-order valence-electron chi connectivity index (χ0n) is 10.2. The van der Waals surface area contributed by atoms with E-state index in [9.17, 15) is 4.79 Å². The zero-order chi connectivity index (χ0) is 13.0. The molecule has 0 saturated carbocycles. The highest BCUT2D eigenvalue weighted by molar-refractivity contribution is 6.31. The molecule has 0 aromatic heterocycles. The summed E-state index contributed by atoms with van der Waals surface area (Å²) in [6.07, 6.45) is 2.17. The van der Waals surface area contributed by atoms with E-state index in [1.807, 2.05) is 0 Å². The third kappa shape index (κ3) is 3.15. The highest BCUT2D eigenvalue weighted by atomic mass is 35.5. The first-order valence-corrected chi connectivity index (χ1v) is 6.32. The summed E-state index contributed by atoms with van der Waals surface area (Å²) in [6, 6.07) is 4.98. The van der Waals surface area contributed by atoms with Crippen LogP contribution >= 0.6 is 11.6 Å². The fraction of sp³-hybridized carbons (Fsp3) is 0.462. The lowest BCUT2D eigenvalue weighted by molar-refractivity contribution is 0.0855. The molecule has 0 spiro atoms. The van der Waals surface area contributed by atoms with Gasteiger partial charge in [0.05, 0.1) is 18.8 Å². The predicted octanol–water partition coefficient (Wildman–Crippen LogP) is 2.26. The van der Waals surface area contributed by atoms with E-state index in [-0.39, 0.29) is 12.0 Å². The Morgan fingerprint density at radius 2 is 2.44 bits per heavy atom. The summed E-state index contributed by atoms with van der Waals surface area (Å²) in [5, 5.41) is 3.35. The van der Waals surface area contributed by atoms with Crippen molar-refractivity contribution in [2.45, 2.75) is 18.9 Å². The molecule has 1 aliphatic heterocycles. The van der Waals surface area contributed by atoms with Crippen molar-refractivity contribution in [3.05, 3.63) is 28.8 Å². The second-order valence-electron chi connectivity index (χ2n) is 4.19. The molecule has 0 aliphatic carbocycles. The summed E-state index contributed by atoms with van der Waals surface area (Å²) in [7, 11) is 1.53. The minimum atomic E-state index is -0.190. The van der Waals surface area contributed by atoms with E-state index < -0.39 is 0 Å². The highest BCUT2D eigenvalue weighted by Gasteiger charge is 2.18. The maximum absolute atomic E-state index is 12.0. The van der Waals surface area contributed by atoms with Crippen LogP contribution in [-0.2, 0) is 4.74 Å². The van der Waals surface area contributed by atoms with Crippen LogP contribution in [0.25, 0.3) is 0 Å². The zero-order valence-corrected chi connectivity index (χ0v) is 11.0. The van der Waals surface area contributed by atoms with Crippen LogP contribution in [0.1, 0.15) is 23.2 Å². The number of nitrogens with one attached hydrogen (secondary N) is 1. The summed E-state index contributed by atoms with van der Waals surface area (Å²) in [5.74, 6) is 0.328. The number of ether oxygens (including phenoxy) is 2. The Hall–Kier alpha value is -1.26. The molecule has 0 bridgehead atoms. The van der Waals surface area contributed by atoms with Crippen LogP contribution in [0.3, 0.4) is 0 Å². The van der Waals surface area contributed by atoms with E-state index in [4.69, 9.17) is 21.1 Å². The fourth-order valence-corrected chi connectivity index (χ4v) is 2.14. The fourth-order valence-electron chi connectivity index (χ4n) is 1.96. The van der Waals surface area contributed by atoms with Gasteiger partial charge in [-0.3, -0.25) is 4.79 Å². The Bertz CT molecular complexity index is 430. The van der Waals surface area contributed by atoms with Gasteiger partial charge in [-0.15, -0.1) is 0 Å². The Kier molecular flexibility index (Phi) is 4.44. The molecule has 18 heavy (non-hydrogen) atoms. The molecule has 1 fully saturated rings. The van der Waals surface area contributed by atoms with Gasteiger partial charge in [0.2, 0.25) is 0 Å². The first kappa shape index (κ1) is 13.2. The van der Waals surface area contributed by atoms with Crippen LogP contribution < -0.4 is 10.1 Å². The predicted molar refractivity (Wildman–Crippen MR) is 69.3 cm³/mol. The number of hydrogen-bond acceptors (Lipinski definition) is 3. The van der Waals surface area contributed by atoms with E-state index >= 15 is 0 Å². The van der Waals surface area contributed by atoms with Gasteiger partial charge in [0, 0.05) is 18.2 Å². The quantitative estimate of drug-likeness (QED) is 0.912. The molecule has 4 nitrogen and oxygen atoms in total. The third-order valence-electron chi connectivity index (χ3n) is 2.92. The largest absolute Gasteiger partial charge is 0.496 e. The molecule has 1 aromatic rings. The molecule has 98 valence electrons. The number of carbonyl (C=O) groups excluding carboxylic acids is 1. The first-order chi connectivity index (χ1) is 8.70. The average Bonchev–Trinajstić information content (AvgIpc) is 2.89. The molecular formula is C13H16ClNO3. The van der Waals surface area contributed by atoms with Crippen molar-refractivity contribution in [1.29, 1.82) is 0 Å². The molecule has 1 saturated heterocycles. The van der Waals surface area contributed by atoms with Crippen LogP contribution in [0.15, 0.2) is 18.2 Å². The summed E-state index contributed by atoms with van der Waals surface area (Å²) < 4.78 is 10.6. The van der Waals surface area contributed by atoms with E-state index in [1.165, 1.54) is 7.11 Å². The number of halogens is 1. The van der Waals surface area contributed by atoms with Crippen LogP contribution in [0.5, 0.6) is 5.75 Å². The van der Waals surface area contributed by atoms with Gasteiger partial charge < -0.3 is 14.8 Å². The lowest BCUT2D eigenvalue weighted by Gasteiger charge is -2.12. The SMILES string of the molecule is COc1ccc(Cl)cc1C(=O)NC[C@H]1CCCO1. The van der Waals surface area contributed by atoms with Gasteiger partial charge in [-0.05, 0) is 31.0 Å². The third-order valence-corrected chi connectivity index (χ3v) is 3.16. The minimum absolute atomic E-state index is 0.124. The van der Waals surface area contributed by atoms with Gasteiger partial charge in [0.25, 0.3) is 5.91 Å². The number of rotatable bonds is 4. The molecule has 5 heteroatoms. The maximum atomic E-state index is 12.0. The van der Waals surface area contributed by atoms with Crippen molar-refractivity contribution in [3.8, 4) is 5.75 Å². The summed E-state index contributed by atoms with van der Waals surface area (Å²) in [6.45, 7) is 1.30. The molecular weight excluding hydrogens is 254 g/mol. The van der Waals surface area contributed by atoms with Gasteiger partial charge in [-0.1, -0.05) is 11.6 Å². The monoisotopic (exact) mass is 269 g/mol. The van der Waals surface area contributed by atoms with Gasteiger partial charge in [-0.2, -0.15) is 0 Å². The van der Waals surface area contributed by atoms with Crippen molar-refractivity contribution < 1.29 is 14.3 Å². The van der Waals surface area contributed by atoms with Crippen LogP contribution in [0, 0.1) is 0 Å². The lowest BCUT2D eigenvalue weighted by Crippen LogP contribution is -2.32. The van der Waals surface area contributed by atoms with E-state index in [2.05, 4.69) is 5.32 Å². The topological polar surface area (TPSA) is 47.6 Å². The second-order valence-corrected chi connectivity index (χ2v) is 4.63. The van der Waals surface area contributed by atoms with E-state index in [1.54, 1.807) is 18.2 Å².